The summed E-state index contributed by atoms with van der Waals surface area (Å²) in [6.45, 7) is 0. The minimum absolute atomic E-state index is 0.588. The summed E-state index contributed by atoms with van der Waals surface area (Å²) in [5, 5.41) is 1.95. The van der Waals surface area contributed by atoms with Crippen molar-refractivity contribution in [2.24, 2.45) is 0 Å². The van der Waals surface area contributed by atoms with Gasteiger partial charge in [0.25, 0.3) is 0 Å². The van der Waals surface area contributed by atoms with Crippen LogP contribution in [0, 0.1) is 11.8 Å². The number of benzene rings is 2. The molecule has 2 N–H and O–H groups in total. The van der Waals surface area contributed by atoms with Crippen LogP contribution in [0.2, 0.25) is 0 Å². The predicted molar refractivity (Wildman–Crippen MR) is 61.3 cm³/mol. The third-order valence-electron chi connectivity index (χ3n) is 2.22. The molecule has 2 heteroatoms. The lowest BCUT2D eigenvalue weighted by Gasteiger charge is -2.02. The molecule has 2 aromatic rings. The van der Waals surface area contributed by atoms with E-state index in [2.05, 4.69) is 11.8 Å². The summed E-state index contributed by atoms with van der Waals surface area (Å²) in [5.41, 5.74) is 7.39. The number of rotatable bonds is 0. The summed E-state index contributed by atoms with van der Waals surface area (Å²) in [5.74, 6) is 5.20. The lowest BCUT2D eigenvalue weighted by atomic mass is 10.0. The quantitative estimate of drug-likeness (QED) is 0.397. The van der Waals surface area contributed by atoms with Gasteiger partial charge in [0, 0.05) is 16.6 Å². The first-order valence-corrected chi connectivity index (χ1v) is 4.55. The highest BCUT2D eigenvalue weighted by Crippen LogP contribution is 2.23. The van der Waals surface area contributed by atoms with Crippen molar-refractivity contribution in [1.29, 1.82) is 0 Å². The molecule has 0 heterocycles. The third-order valence-corrected chi connectivity index (χ3v) is 2.22. The van der Waals surface area contributed by atoms with Crippen molar-refractivity contribution in [3.63, 3.8) is 0 Å². The monoisotopic (exact) mass is 195 g/mol. The molecule has 2 aromatic carbocycles. The van der Waals surface area contributed by atoms with E-state index in [1.807, 2.05) is 36.4 Å². The van der Waals surface area contributed by atoms with E-state index >= 15 is 0 Å². The molecule has 0 aliphatic rings. The maximum atomic E-state index is 10.2. The molecule has 0 unspecified atom stereocenters. The molecule has 0 aliphatic carbocycles. The lowest BCUT2D eigenvalue weighted by Crippen LogP contribution is -1.87. The Labute approximate surface area is 87.7 Å². The van der Waals surface area contributed by atoms with Gasteiger partial charge >= 0.3 is 0 Å². The van der Waals surface area contributed by atoms with Gasteiger partial charge in [-0.25, -0.2) is 0 Å². The van der Waals surface area contributed by atoms with Crippen LogP contribution in [-0.2, 0) is 4.79 Å². The number of carbonyl (C=O) groups is 1. The normalized spacial score (nSPS) is 9.33. The standard InChI is InChI=1S/C13H9NO/c14-13-8-2-6-11-10(5-3-9-15)4-1-7-12(11)13/h1-2,4,6-9H,14H2. The highest BCUT2D eigenvalue weighted by atomic mass is 16.1. The molecule has 0 spiro atoms. The van der Waals surface area contributed by atoms with Crippen LogP contribution < -0.4 is 5.73 Å². The van der Waals surface area contributed by atoms with Crippen molar-refractivity contribution in [3.8, 4) is 11.8 Å². The maximum absolute atomic E-state index is 10.2. The number of anilines is 1. The van der Waals surface area contributed by atoms with E-state index in [0.717, 1.165) is 22.0 Å². The van der Waals surface area contributed by atoms with Gasteiger partial charge in [-0.05, 0) is 23.4 Å². The van der Waals surface area contributed by atoms with Gasteiger partial charge in [0.15, 0.2) is 6.29 Å². The second-order valence-electron chi connectivity index (χ2n) is 3.14. The highest BCUT2D eigenvalue weighted by Gasteiger charge is 1.99. The largest absolute Gasteiger partial charge is 0.398 e. The van der Waals surface area contributed by atoms with E-state index in [0.29, 0.717) is 6.29 Å². The molecule has 0 aromatic heterocycles. The van der Waals surface area contributed by atoms with Gasteiger partial charge < -0.3 is 5.73 Å². The highest BCUT2D eigenvalue weighted by molar-refractivity contribution is 5.96. The third kappa shape index (κ3) is 1.68. The molecule has 72 valence electrons. The molecule has 0 saturated carbocycles. The van der Waals surface area contributed by atoms with Crippen LogP contribution in [0.3, 0.4) is 0 Å². The summed E-state index contributed by atoms with van der Waals surface area (Å²) >= 11 is 0. The van der Waals surface area contributed by atoms with Crippen LogP contribution in [0.4, 0.5) is 5.69 Å². The van der Waals surface area contributed by atoms with Crippen LogP contribution >= 0.6 is 0 Å². The molecule has 0 bridgehead atoms. The molecular formula is C13H9NO. The van der Waals surface area contributed by atoms with E-state index in [-0.39, 0.29) is 0 Å². The minimum Gasteiger partial charge on any atom is -0.398 e. The van der Waals surface area contributed by atoms with Gasteiger partial charge in [0.05, 0.1) is 0 Å². The number of hydrogen-bond acceptors (Lipinski definition) is 2. The second-order valence-corrected chi connectivity index (χ2v) is 3.14. The average molecular weight is 195 g/mol. The molecule has 0 aliphatic heterocycles. The van der Waals surface area contributed by atoms with Crippen LogP contribution in [0.1, 0.15) is 5.56 Å². The summed E-state index contributed by atoms with van der Waals surface area (Å²) in [4.78, 5) is 10.2. The van der Waals surface area contributed by atoms with Gasteiger partial charge in [-0.2, -0.15) is 0 Å². The van der Waals surface area contributed by atoms with Gasteiger partial charge in [0.2, 0.25) is 0 Å². The van der Waals surface area contributed by atoms with E-state index in [4.69, 9.17) is 5.73 Å². The van der Waals surface area contributed by atoms with Crippen molar-refractivity contribution in [3.05, 3.63) is 42.0 Å². The van der Waals surface area contributed by atoms with E-state index in [1.54, 1.807) is 0 Å². The van der Waals surface area contributed by atoms with Crippen molar-refractivity contribution < 1.29 is 4.79 Å². The molecule has 0 atom stereocenters. The van der Waals surface area contributed by atoms with Crippen molar-refractivity contribution in [1.82, 2.24) is 0 Å². The first-order valence-electron chi connectivity index (χ1n) is 4.55. The van der Waals surface area contributed by atoms with Crippen molar-refractivity contribution in [2.45, 2.75) is 0 Å². The Bertz CT molecular complexity index is 576. The van der Waals surface area contributed by atoms with Gasteiger partial charge in [0.1, 0.15) is 0 Å². The van der Waals surface area contributed by atoms with Crippen molar-refractivity contribution >= 4 is 22.7 Å². The van der Waals surface area contributed by atoms with Crippen LogP contribution in [0.5, 0.6) is 0 Å². The molecule has 0 saturated heterocycles. The fourth-order valence-electron chi connectivity index (χ4n) is 1.55. The fourth-order valence-corrected chi connectivity index (χ4v) is 1.55. The number of carbonyl (C=O) groups excluding carboxylic acids is 1. The van der Waals surface area contributed by atoms with Crippen LogP contribution in [0.15, 0.2) is 36.4 Å². The number of fused-ring (bicyclic) bond motifs is 1. The average Bonchev–Trinajstić information content (AvgIpc) is 2.27. The molecular weight excluding hydrogens is 186 g/mol. The number of nitrogen functional groups attached to an aromatic ring is 1. The molecule has 0 fully saturated rings. The molecule has 0 radical (unpaired) electrons. The Morgan fingerprint density at radius 1 is 1.07 bits per heavy atom. The van der Waals surface area contributed by atoms with Crippen LogP contribution in [-0.4, -0.2) is 6.29 Å². The maximum Gasteiger partial charge on any atom is 0.193 e. The van der Waals surface area contributed by atoms with Crippen molar-refractivity contribution in [2.75, 3.05) is 5.73 Å². The fraction of sp³-hybridized carbons (Fsp3) is 0. The minimum atomic E-state index is 0.588. The summed E-state index contributed by atoms with van der Waals surface area (Å²) in [7, 11) is 0. The zero-order valence-electron chi connectivity index (χ0n) is 8.03. The second kappa shape index (κ2) is 3.85. The van der Waals surface area contributed by atoms with Gasteiger partial charge in [-0.1, -0.05) is 30.2 Å². The zero-order chi connectivity index (χ0) is 10.7. The van der Waals surface area contributed by atoms with Gasteiger partial charge in [-0.15, -0.1) is 0 Å². The zero-order valence-corrected chi connectivity index (χ0v) is 8.03. The predicted octanol–water partition coefficient (Wildman–Crippen LogP) is 1.97. The first-order chi connectivity index (χ1) is 7.33. The lowest BCUT2D eigenvalue weighted by molar-refractivity contribution is -0.103. The summed E-state index contributed by atoms with van der Waals surface area (Å²) in [6, 6.07) is 11.4. The number of hydrogen-bond donors (Lipinski definition) is 1. The van der Waals surface area contributed by atoms with E-state index < -0.39 is 0 Å². The Balaban J connectivity index is 2.76. The topological polar surface area (TPSA) is 43.1 Å². The molecule has 2 nitrogen and oxygen atoms in total. The summed E-state index contributed by atoms with van der Waals surface area (Å²) < 4.78 is 0. The first kappa shape index (κ1) is 9.29. The van der Waals surface area contributed by atoms with E-state index in [9.17, 15) is 4.79 Å². The molecule has 0 amide bonds. The van der Waals surface area contributed by atoms with Gasteiger partial charge in [-0.3, -0.25) is 4.79 Å². The Kier molecular flexibility index (Phi) is 2.38. The molecule has 2 rings (SSSR count). The Morgan fingerprint density at radius 3 is 2.60 bits per heavy atom. The molecule has 15 heavy (non-hydrogen) atoms. The smallest absolute Gasteiger partial charge is 0.193 e. The Hall–Kier alpha value is -2.27. The van der Waals surface area contributed by atoms with E-state index in [1.165, 1.54) is 0 Å². The van der Waals surface area contributed by atoms with Crippen LogP contribution in [0.25, 0.3) is 10.8 Å². The SMILES string of the molecule is Nc1cccc2c(C#CC=O)cccc12. The number of nitrogens with two attached hydrogens (primary N) is 1. The summed E-state index contributed by atoms with van der Waals surface area (Å²) in [6.07, 6.45) is 0.588. The Morgan fingerprint density at radius 2 is 1.80 bits per heavy atom. The number of aldehydes is 1.